The molecule has 1 heterocycles. The molecule has 9 heteroatoms. The van der Waals surface area contributed by atoms with Crippen LogP contribution < -0.4 is 0 Å². The minimum atomic E-state index is -2.39. The summed E-state index contributed by atoms with van der Waals surface area (Å²) in [7, 11) is 0. The van der Waals surface area contributed by atoms with E-state index in [4.69, 9.17) is 0 Å². The maximum absolute atomic E-state index is 14.9. The van der Waals surface area contributed by atoms with E-state index in [2.05, 4.69) is 0 Å². The van der Waals surface area contributed by atoms with Gasteiger partial charge >= 0.3 is 5.97 Å². The number of hydrogen-bond donors (Lipinski definition) is 3. The van der Waals surface area contributed by atoms with Crippen LogP contribution in [-0.2, 0) is 15.6 Å². The second-order valence-electron chi connectivity index (χ2n) is 10.3. The molecule has 3 N–H and O–H groups in total. The molecule has 4 rings (SSSR count). The van der Waals surface area contributed by atoms with Gasteiger partial charge in [0.1, 0.15) is 11.6 Å². The minimum absolute atomic E-state index is 0.0953. The van der Waals surface area contributed by atoms with Gasteiger partial charge < -0.3 is 19.9 Å². The third kappa shape index (κ3) is 3.95. The molecule has 3 aromatic rings. The molecule has 2 aromatic carbocycles. The van der Waals surface area contributed by atoms with Crippen LogP contribution in [0.4, 0.5) is 17.6 Å². The maximum atomic E-state index is 14.9. The molecule has 5 nitrogen and oxygen atoms in total. The molecule has 188 valence electrons. The molecular weight excluding hydrogens is 466 g/mol. The van der Waals surface area contributed by atoms with Gasteiger partial charge in [-0.15, -0.1) is 0 Å². The number of carbonyl (C=O) groups is 1. The van der Waals surface area contributed by atoms with Crippen molar-refractivity contribution in [3.05, 3.63) is 59.0 Å². The summed E-state index contributed by atoms with van der Waals surface area (Å²) in [4.78, 5) is 11.5. The Morgan fingerprint density at radius 2 is 1.69 bits per heavy atom. The van der Waals surface area contributed by atoms with Crippen molar-refractivity contribution in [3.63, 3.8) is 0 Å². The van der Waals surface area contributed by atoms with Crippen LogP contribution in [0.2, 0.25) is 0 Å². The summed E-state index contributed by atoms with van der Waals surface area (Å²) in [6, 6.07) is 5.26. The number of aromatic nitrogens is 1. The summed E-state index contributed by atoms with van der Waals surface area (Å²) in [5, 5.41) is 30.8. The normalized spacial score (nSPS) is 23.1. The molecule has 0 saturated heterocycles. The van der Waals surface area contributed by atoms with Crippen molar-refractivity contribution in [2.75, 3.05) is 6.61 Å². The third-order valence-corrected chi connectivity index (χ3v) is 7.34. The number of aliphatic carboxylic acids is 1. The van der Waals surface area contributed by atoms with Crippen molar-refractivity contribution in [1.82, 2.24) is 4.57 Å². The Labute approximate surface area is 199 Å². The average Bonchev–Trinajstić information content (AvgIpc) is 3.15. The summed E-state index contributed by atoms with van der Waals surface area (Å²) in [5.41, 5.74) is -3.08. The van der Waals surface area contributed by atoms with Crippen LogP contribution in [-0.4, -0.2) is 38.1 Å². The Bertz CT molecular complexity index is 1320. The van der Waals surface area contributed by atoms with Crippen LogP contribution in [0.3, 0.4) is 0 Å². The molecule has 0 spiro atoms. The summed E-state index contributed by atoms with van der Waals surface area (Å²) in [6.45, 7) is 4.83. The highest BCUT2D eigenvalue weighted by atomic mass is 19.2. The molecule has 1 aliphatic rings. The first kappa shape index (κ1) is 25.0. The fourth-order valence-corrected chi connectivity index (χ4v) is 5.22. The number of carboxylic acids is 1. The van der Waals surface area contributed by atoms with E-state index < -0.39 is 45.7 Å². The number of carboxylic acid groups (broad SMARTS) is 1. The molecular formula is C26H27F4NO4. The number of aromatic hydroxyl groups is 1. The number of aliphatic hydroxyl groups is 1. The van der Waals surface area contributed by atoms with Crippen molar-refractivity contribution < 1.29 is 37.7 Å². The average molecular weight is 493 g/mol. The molecule has 0 radical (unpaired) electrons. The number of rotatable bonds is 5. The quantitative estimate of drug-likeness (QED) is 0.402. The Hall–Kier alpha value is -3.07. The number of phenols is 1. The summed E-state index contributed by atoms with van der Waals surface area (Å²) < 4.78 is 58.9. The highest BCUT2D eigenvalue weighted by Gasteiger charge is 2.49. The van der Waals surface area contributed by atoms with Crippen LogP contribution in [0.1, 0.15) is 57.7 Å². The van der Waals surface area contributed by atoms with E-state index in [0.717, 1.165) is 24.3 Å². The molecule has 1 fully saturated rings. The molecule has 1 aliphatic carbocycles. The SMILES string of the molecule is CC(C)(CO)c1c([C@]2(C)CC[C@@](F)(C(=O)O)CC2)c2c(O)cc(F)cc2n1-c1ccc(F)c(F)c1. The van der Waals surface area contributed by atoms with E-state index in [1.54, 1.807) is 20.8 Å². The highest BCUT2D eigenvalue weighted by molar-refractivity contribution is 5.94. The van der Waals surface area contributed by atoms with Crippen molar-refractivity contribution >= 4 is 16.9 Å². The Balaban J connectivity index is 2.11. The van der Waals surface area contributed by atoms with Gasteiger partial charge in [-0.1, -0.05) is 20.8 Å². The van der Waals surface area contributed by atoms with Gasteiger partial charge in [0, 0.05) is 34.3 Å². The minimum Gasteiger partial charge on any atom is -0.507 e. The smallest absolute Gasteiger partial charge is 0.341 e. The fourth-order valence-electron chi connectivity index (χ4n) is 5.22. The standard InChI is InChI=1S/C26H27F4NO4/c1-24(2,13-32)22-21(25(3)6-8-26(30,9-7-25)23(34)35)20-18(10-14(27)11-19(20)33)31(22)15-4-5-16(28)17(29)12-15/h4-5,10-12,32-33H,6-9,13H2,1-3H3,(H,34,35)/t25-,26+. The van der Waals surface area contributed by atoms with Crippen molar-refractivity contribution in [2.45, 2.75) is 63.0 Å². The van der Waals surface area contributed by atoms with Gasteiger partial charge in [-0.2, -0.15) is 0 Å². The molecule has 0 unspecified atom stereocenters. The van der Waals surface area contributed by atoms with E-state index in [1.165, 1.54) is 10.6 Å². The van der Waals surface area contributed by atoms with Crippen LogP contribution in [0.5, 0.6) is 5.75 Å². The van der Waals surface area contributed by atoms with E-state index in [-0.39, 0.29) is 48.9 Å². The highest BCUT2D eigenvalue weighted by Crippen LogP contribution is 2.52. The second-order valence-corrected chi connectivity index (χ2v) is 10.3. The van der Waals surface area contributed by atoms with E-state index >= 15 is 0 Å². The van der Waals surface area contributed by atoms with Crippen molar-refractivity contribution in [1.29, 1.82) is 0 Å². The second kappa shape index (κ2) is 8.26. The first-order valence-electron chi connectivity index (χ1n) is 11.3. The van der Waals surface area contributed by atoms with Crippen LogP contribution in [0.15, 0.2) is 30.3 Å². The van der Waals surface area contributed by atoms with Gasteiger partial charge in [0.2, 0.25) is 5.67 Å². The van der Waals surface area contributed by atoms with E-state index in [9.17, 15) is 37.7 Å². The number of alkyl halides is 1. The molecule has 0 bridgehead atoms. The molecule has 0 amide bonds. The fraction of sp³-hybridized carbons (Fsp3) is 0.423. The Morgan fingerprint density at radius 3 is 2.23 bits per heavy atom. The van der Waals surface area contributed by atoms with Gasteiger partial charge in [0.05, 0.1) is 12.1 Å². The first-order chi connectivity index (χ1) is 16.2. The van der Waals surface area contributed by atoms with Crippen LogP contribution in [0.25, 0.3) is 16.6 Å². The van der Waals surface area contributed by atoms with E-state index in [1.807, 2.05) is 0 Å². The number of phenolic OH excluding ortho intramolecular Hbond substituents is 1. The van der Waals surface area contributed by atoms with Crippen molar-refractivity contribution in [2.24, 2.45) is 0 Å². The van der Waals surface area contributed by atoms with Crippen LogP contribution in [0, 0.1) is 17.5 Å². The van der Waals surface area contributed by atoms with Gasteiger partial charge in [-0.3, -0.25) is 0 Å². The lowest BCUT2D eigenvalue weighted by molar-refractivity contribution is -0.154. The Kier molecular flexibility index (Phi) is 5.91. The molecule has 35 heavy (non-hydrogen) atoms. The zero-order valence-electron chi connectivity index (χ0n) is 19.6. The van der Waals surface area contributed by atoms with Gasteiger partial charge in [-0.05, 0) is 54.9 Å². The number of hydrogen-bond acceptors (Lipinski definition) is 3. The van der Waals surface area contributed by atoms with Crippen LogP contribution >= 0.6 is 0 Å². The Morgan fingerprint density at radius 1 is 1.06 bits per heavy atom. The number of aliphatic hydroxyl groups excluding tert-OH is 1. The summed E-state index contributed by atoms with van der Waals surface area (Å²) in [5.74, 6) is -4.91. The lowest BCUT2D eigenvalue weighted by Crippen LogP contribution is -2.43. The van der Waals surface area contributed by atoms with Crippen molar-refractivity contribution in [3.8, 4) is 11.4 Å². The molecule has 1 aromatic heterocycles. The first-order valence-corrected chi connectivity index (χ1v) is 11.3. The number of benzene rings is 2. The van der Waals surface area contributed by atoms with E-state index in [0.29, 0.717) is 11.3 Å². The zero-order valence-corrected chi connectivity index (χ0v) is 19.6. The lowest BCUT2D eigenvalue weighted by Gasteiger charge is -2.41. The molecule has 0 atom stereocenters. The maximum Gasteiger partial charge on any atom is 0.341 e. The monoisotopic (exact) mass is 493 g/mol. The summed E-state index contributed by atoms with van der Waals surface area (Å²) >= 11 is 0. The number of nitrogens with zero attached hydrogens (tertiary/aromatic N) is 1. The topological polar surface area (TPSA) is 82.7 Å². The number of halogens is 4. The summed E-state index contributed by atoms with van der Waals surface area (Å²) in [6.07, 6.45) is -0.370. The van der Waals surface area contributed by atoms with Gasteiger partial charge in [0.15, 0.2) is 11.6 Å². The molecule has 1 saturated carbocycles. The van der Waals surface area contributed by atoms with Gasteiger partial charge in [0.25, 0.3) is 0 Å². The molecule has 0 aliphatic heterocycles. The van der Waals surface area contributed by atoms with Gasteiger partial charge in [-0.25, -0.2) is 22.4 Å². The predicted molar refractivity (Wildman–Crippen MR) is 122 cm³/mol. The lowest BCUT2D eigenvalue weighted by atomic mass is 9.64. The third-order valence-electron chi connectivity index (χ3n) is 7.34. The largest absolute Gasteiger partial charge is 0.507 e. The zero-order chi connectivity index (χ0) is 25.9. The predicted octanol–water partition coefficient (Wildman–Crippen LogP) is 5.65. The number of fused-ring (bicyclic) bond motifs is 1.